The Morgan fingerprint density at radius 2 is 2.00 bits per heavy atom. The number of fused-ring (bicyclic) bond motifs is 1. The van der Waals surface area contributed by atoms with Crippen LogP contribution in [-0.2, 0) is 0 Å². The van der Waals surface area contributed by atoms with Crippen LogP contribution in [0, 0.1) is 0 Å². The maximum atomic E-state index is 9.69. The predicted octanol–water partition coefficient (Wildman–Crippen LogP) is 2.60. The number of benzene rings is 2. The highest BCUT2D eigenvalue weighted by molar-refractivity contribution is 6.11. The first-order valence-corrected chi connectivity index (χ1v) is 7.90. The molecule has 6 nitrogen and oxygen atoms in total. The van der Waals surface area contributed by atoms with E-state index in [-0.39, 0.29) is 5.75 Å². The van der Waals surface area contributed by atoms with Gasteiger partial charge in [-0.15, -0.1) is 5.12 Å². The summed E-state index contributed by atoms with van der Waals surface area (Å²) in [6.45, 7) is 0.525. The fraction of sp³-hybridized carbons (Fsp3) is 0.105. The number of nitrogens with zero attached hydrogens (tertiary/aromatic N) is 3. The molecule has 0 atom stereocenters. The van der Waals surface area contributed by atoms with Gasteiger partial charge in [-0.2, -0.15) is 0 Å². The van der Waals surface area contributed by atoms with Crippen molar-refractivity contribution in [1.29, 1.82) is 0 Å². The van der Waals surface area contributed by atoms with Gasteiger partial charge in [-0.25, -0.2) is 15.8 Å². The number of methoxy groups -OCH3 is 1. The van der Waals surface area contributed by atoms with Crippen molar-refractivity contribution in [3.63, 3.8) is 0 Å². The van der Waals surface area contributed by atoms with Crippen LogP contribution in [-0.4, -0.2) is 35.1 Å². The van der Waals surface area contributed by atoms with Gasteiger partial charge >= 0.3 is 0 Å². The third kappa shape index (κ3) is 2.67. The first-order valence-electron chi connectivity index (χ1n) is 7.90. The number of hydrazine groups is 2. The van der Waals surface area contributed by atoms with E-state index in [1.807, 2.05) is 41.5 Å². The van der Waals surface area contributed by atoms with Crippen molar-refractivity contribution in [3.8, 4) is 11.5 Å². The van der Waals surface area contributed by atoms with Crippen LogP contribution < -0.4 is 10.6 Å². The van der Waals surface area contributed by atoms with Gasteiger partial charge in [0.25, 0.3) is 0 Å². The second-order valence-corrected chi connectivity index (χ2v) is 5.84. The molecule has 6 heteroatoms. The number of rotatable bonds is 3. The Labute approximate surface area is 145 Å². The molecule has 0 amide bonds. The lowest BCUT2D eigenvalue weighted by molar-refractivity contribution is 0.0915. The fourth-order valence-corrected chi connectivity index (χ4v) is 3.07. The molecule has 2 aliphatic heterocycles. The molecule has 0 bridgehead atoms. The smallest absolute Gasteiger partial charge is 0.153 e. The van der Waals surface area contributed by atoms with Gasteiger partial charge < -0.3 is 9.84 Å². The van der Waals surface area contributed by atoms with Crippen LogP contribution in [0.25, 0.3) is 11.1 Å². The molecule has 0 unspecified atom stereocenters. The minimum Gasteiger partial charge on any atom is -0.508 e. The summed E-state index contributed by atoms with van der Waals surface area (Å²) >= 11 is 0. The van der Waals surface area contributed by atoms with E-state index in [1.54, 1.807) is 36.6 Å². The number of allylic oxidation sites excluding steroid dienone is 1. The maximum Gasteiger partial charge on any atom is 0.153 e. The Bertz CT molecular complexity index is 917. The van der Waals surface area contributed by atoms with Gasteiger partial charge in [0.1, 0.15) is 11.5 Å². The van der Waals surface area contributed by atoms with E-state index in [4.69, 9.17) is 10.6 Å². The van der Waals surface area contributed by atoms with E-state index in [0.29, 0.717) is 6.54 Å². The monoisotopic (exact) mass is 334 g/mol. The minimum atomic E-state index is 0.217. The predicted molar refractivity (Wildman–Crippen MR) is 97.2 cm³/mol. The lowest BCUT2D eigenvalue weighted by Gasteiger charge is -2.26. The van der Waals surface area contributed by atoms with Crippen molar-refractivity contribution in [3.05, 3.63) is 71.7 Å². The van der Waals surface area contributed by atoms with Crippen molar-refractivity contribution in [2.75, 3.05) is 13.7 Å². The van der Waals surface area contributed by atoms with Crippen LogP contribution in [0.3, 0.4) is 0 Å². The molecule has 0 saturated heterocycles. The molecule has 2 aromatic rings. The Balaban J connectivity index is 1.76. The molecule has 0 fully saturated rings. The summed E-state index contributed by atoms with van der Waals surface area (Å²) < 4.78 is 5.47. The van der Waals surface area contributed by atoms with E-state index < -0.39 is 0 Å². The van der Waals surface area contributed by atoms with Crippen molar-refractivity contribution in [2.45, 2.75) is 0 Å². The molecule has 0 spiro atoms. The molecule has 0 saturated carbocycles. The van der Waals surface area contributed by atoms with E-state index >= 15 is 0 Å². The number of hydrogen-bond donors (Lipinski definition) is 2. The molecule has 2 aromatic carbocycles. The molecule has 2 heterocycles. The highest BCUT2D eigenvalue weighted by atomic mass is 16.5. The Hall–Kier alpha value is -3.09. The highest BCUT2D eigenvalue weighted by Gasteiger charge is 2.31. The number of aliphatic imine (C=N–C) groups is 1. The van der Waals surface area contributed by atoms with Gasteiger partial charge in [-0.1, -0.05) is 30.3 Å². The number of ether oxygens (including phenoxy) is 1. The van der Waals surface area contributed by atoms with Crippen LogP contribution in [0.5, 0.6) is 11.5 Å². The molecule has 0 aromatic heterocycles. The molecular weight excluding hydrogens is 316 g/mol. The summed E-state index contributed by atoms with van der Waals surface area (Å²) in [6.07, 6.45) is 3.70. The number of phenols is 1. The molecule has 2 aliphatic rings. The Kier molecular flexibility index (Phi) is 3.76. The minimum absolute atomic E-state index is 0.217. The van der Waals surface area contributed by atoms with Crippen LogP contribution in [0.4, 0.5) is 0 Å². The summed E-state index contributed by atoms with van der Waals surface area (Å²) in [5.74, 6) is 7.97. The largest absolute Gasteiger partial charge is 0.508 e. The van der Waals surface area contributed by atoms with E-state index in [9.17, 15) is 5.11 Å². The summed E-state index contributed by atoms with van der Waals surface area (Å²) in [6, 6.07) is 14.9. The summed E-state index contributed by atoms with van der Waals surface area (Å²) in [7, 11) is 1.65. The lowest BCUT2D eigenvalue weighted by atomic mass is 10.0. The van der Waals surface area contributed by atoms with Crippen LogP contribution in [0.15, 0.2) is 65.5 Å². The van der Waals surface area contributed by atoms with Gasteiger partial charge in [0, 0.05) is 29.1 Å². The van der Waals surface area contributed by atoms with Crippen LogP contribution >= 0.6 is 0 Å². The molecule has 126 valence electrons. The fourth-order valence-electron chi connectivity index (χ4n) is 3.07. The second-order valence-electron chi connectivity index (χ2n) is 5.84. The number of aromatic hydroxyl groups is 1. The van der Waals surface area contributed by atoms with Crippen molar-refractivity contribution in [2.24, 2.45) is 10.8 Å². The summed E-state index contributed by atoms with van der Waals surface area (Å²) in [5, 5.41) is 13.1. The molecule has 4 rings (SSSR count). The SMILES string of the molecule is COc1ccccc1C1=C2N=CC(c3cccc(O)c3)=CN2N(N)C1. The second kappa shape index (κ2) is 6.08. The molecule has 25 heavy (non-hydrogen) atoms. The van der Waals surface area contributed by atoms with Crippen LogP contribution in [0.2, 0.25) is 0 Å². The third-order valence-corrected chi connectivity index (χ3v) is 4.28. The molecule has 0 radical (unpaired) electrons. The topological polar surface area (TPSA) is 74.3 Å². The summed E-state index contributed by atoms with van der Waals surface area (Å²) in [5.41, 5.74) is 3.73. The molecule has 0 aliphatic carbocycles. The van der Waals surface area contributed by atoms with Crippen molar-refractivity contribution >= 4 is 17.4 Å². The van der Waals surface area contributed by atoms with Gasteiger partial charge in [-0.3, -0.25) is 0 Å². The summed E-state index contributed by atoms with van der Waals surface area (Å²) in [4.78, 5) is 4.62. The van der Waals surface area contributed by atoms with Gasteiger partial charge in [0.05, 0.1) is 13.7 Å². The standard InChI is InChI=1S/C19H18N4O2/c1-25-18-8-3-2-7-16(18)17-12-23(20)22-11-14(10-21-19(17)22)13-5-4-6-15(24)9-13/h2-11,24H,12,20H2,1H3. The maximum absolute atomic E-state index is 9.69. The zero-order valence-corrected chi connectivity index (χ0v) is 13.8. The first kappa shape index (κ1) is 15.4. The van der Waals surface area contributed by atoms with Gasteiger partial charge in [0.15, 0.2) is 5.82 Å². The normalized spacial score (nSPS) is 16.9. The quantitative estimate of drug-likeness (QED) is 0.844. The number of nitrogens with two attached hydrogens (primary N) is 1. The van der Waals surface area contributed by atoms with E-state index in [0.717, 1.165) is 33.8 Å². The zero-order chi connectivity index (χ0) is 17.4. The van der Waals surface area contributed by atoms with Gasteiger partial charge in [0.2, 0.25) is 0 Å². The average Bonchev–Trinajstić information content (AvgIpc) is 2.98. The third-order valence-electron chi connectivity index (χ3n) is 4.28. The number of para-hydroxylation sites is 1. The number of phenolic OH excluding ortho intramolecular Hbond substituents is 1. The number of hydrogen-bond acceptors (Lipinski definition) is 6. The highest BCUT2D eigenvalue weighted by Crippen LogP contribution is 2.37. The van der Waals surface area contributed by atoms with E-state index in [2.05, 4.69) is 4.99 Å². The van der Waals surface area contributed by atoms with Crippen LogP contribution in [0.1, 0.15) is 11.1 Å². The molecular formula is C19H18N4O2. The van der Waals surface area contributed by atoms with E-state index in [1.165, 1.54) is 0 Å². The molecule has 3 N–H and O–H groups in total. The first-order chi connectivity index (χ1) is 12.2. The van der Waals surface area contributed by atoms with Crippen molar-refractivity contribution < 1.29 is 9.84 Å². The lowest BCUT2D eigenvalue weighted by Crippen LogP contribution is -2.40. The Morgan fingerprint density at radius 3 is 2.80 bits per heavy atom. The van der Waals surface area contributed by atoms with Gasteiger partial charge in [-0.05, 0) is 23.8 Å². The average molecular weight is 334 g/mol. The van der Waals surface area contributed by atoms with Crippen molar-refractivity contribution in [1.82, 2.24) is 10.1 Å². The Morgan fingerprint density at radius 1 is 1.16 bits per heavy atom. The zero-order valence-electron chi connectivity index (χ0n) is 13.8.